The van der Waals surface area contributed by atoms with Crippen LogP contribution in [0.25, 0.3) is 0 Å². The first-order chi connectivity index (χ1) is 17.6. The van der Waals surface area contributed by atoms with Crippen molar-refractivity contribution in [3.8, 4) is 0 Å². The van der Waals surface area contributed by atoms with Crippen molar-refractivity contribution in [2.45, 2.75) is 24.6 Å². The number of rotatable bonds is 13. The molecule has 2 heterocycles. The highest BCUT2D eigenvalue weighted by atomic mass is 19.3. The number of benzene rings is 1. The SMILES string of the molecule is O=C(c1ccc(F)cc1)N(CCN1CCOCC1)C[C@@H]1CN(C[C@H](O)COCC(F)(F)C(F)F)CCO1. The number of morpholine rings is 2. The highest BCUT2D eigenvalue weighted by Crippen LogP contribution is 2.23. The van der Waals surface area contributed by atoms with Gasteiger partial charge in [0.25, 0.3) is 5.91 Å². The summed E-state index contributed by atoms with van der Waals surface area (Å²) in [5, 5.41) is 10.1. The lowest BCUT2D eigenvalue weighted by atomic mass is 10.1. The quantitative estimate of drug-likeness (QED) is 0.382. The third kappa shape index (κ3) is 9.73. The smallest absolute Gasteiger partial charge is 0.330 e. The fourth-order valence-electron chi connectivity index (χ4n) is 4.18. The summed E-state index contributed by atoms with van der Waals surface area (Å²) >= 11 is 0. The highest BCUT2D eigenvalue weighted by Gasteiger charge is 2.41. The van der Waals surface area contributed by atoms with Crippen molar-refractivity contribution < 1.29 is 46.1 Å². The molecule has 0 aliphatic carbocycles. The van der Waals surface area contributed by atoms with E-state index in [0.29, 0.717) is 51.6 Å². The molecule has 1 aromatic carbocycles. The molecule has 2 atom stereocenters. The number of nitrogens with zero attached hydrogens (tertiary/aromatic N) is 3. The van der Waals surface area contributed by atoms with Crippen molar-refractivity contribution in [1.82, 2.24) is 14.7 Å². The van der Waals surface area contributed by atoms with E-state index in [4.69, 9.17) is 9.47 Å². The molecule has 3 rings (SSSR count). The van der Waals surface area contributed by atoms with Crippen LogP contribution in [0, 0.1) is 5.82 Å². The predicted molar refractivity (Wildman–Crippen MR) is 124 cm³/mol. The van der Waals surface area contributed by atoms with Gasteiger partial charge in [-0.1, -0.05) is 0 Å². The van der Waals surface area contributed by atoms with Gasteiger partial charge in [0.05, 0.1) is 38.6 Å². The molecular formula is C24H34F5N3O5. The number of ether oxygens (including phenoxy) is 3. The standard InChI is InChI=1S/C24H34F5N3O5/c25-19-3-1-18(2-4-19)22(34)32(6-5-30-7-10-35-11-8-30)15-21-14-31(9-12-37-21)13-20(33)16-36-17-24(28,29)23(26)27/h1-4,20-21,23,33H,5-17H2/t20-,21-/m0/s1. The van der Waals surface area contributed by atoms with E-state index in [-0.39, 0.29) is 25.1 Å². The summed E-state index contributed by atoms with van der Waals surface area (Å²) in [5.41, 5.74) is 0.351. The number of halogens is 5. The Hall–Kier alpha value is -1.90. The van der Waals surface area contributed by atoms with Crippen LogP contribution in [-0.2, 0) is 14.2 Å². The number of aliphatic hydroxyl groups excluding tert-OH is 1. The normalized spacial score (nSPS) is 20.8. The molecule has 0 unspecified atom stereocenters. The van der Waals surface area contributed by atoms with E-state index in [1.165, 1.54) is 24.3 Å². The summed E-state index contributed by atoms with van der Waals surface area (Å²) in [4.78, 5) is 18.9. The van der Waals surface area contributed by atoms with Gasteiger partial charge >= 0.3 is 12.3 Å². The van der Waals surface area contributed by atoms with Gasteiger partial charge in [-0.25, -0.2) is 13.2 Å². The summed E-state index contributed by atoms with van der Waals surface area (Å²) in [6.07, 6.45) is -5.39. The van der Waals surface area contributed by atoms with Crippen molar-refractivity contribution in [2.75, 3.05) is 85.4 Å². The summed E-state index contributed by atoms with van der Waals surface area (Å²) in [6.45, 7) is 3.29. The average molecular weight is 540 g/mol. The van der Waals surface area contributed by atoms with E-state index in [2.05, 4.69) is 9.64 Å². The number of hydrogen-bond donors (Lipinski definition) is 1. The van der Waals surface area contributed by atoms with E-state index in [1.54, 1.807) is 4.90 Å². The summed E-state index contributed by atoms with van der Waals surface area (Å²) in [6, 6.07) is 5.32. The molecule has 0 saturated carbocycles. The Morgan fingerprint density at radius 1 is 1.14 bits per heavy atom. The molecule has 2 aliphatic rings. The largest absolute Gasteiger partial charge is 0.389 e. The fourth-order valence-corrected chi connectivity index (χ4v) is 4.18. The molecule has 37 heavy (non-hydrogen) atoms. The first-order valence-corrected chi connectivity index (χ1v) is 12.2. The second-order valence-electron chi connectivity index (χ2n) is 9.20. The van der Waals surface area contributed by atoms with Gasteiger partial charge in [0.1, 0.15) is 12.4 Å². The molecule has 2 saturated heterocycles. The second kappa shape index (κ2) is 14.3. The van der Waals surface area contributed by atoms with Crippen LogP contribution >= 0.6 is 0 Å². The Morgan fingerprint density at radius 3 is 2.49 bits per heavy atom. The number of carbonyl (C=O) groups excluding carboxylic acids is 1. The van der Waals surface area contributed by atoms with Gasteiger partial charge < -0.3 is 24.2 Å². The Morgan fingerprint density at radius 2 is 1.81 bits per heavy atom. The molecule has 8 nitrogen and oxygen atoms in total. The molecule has 210 valence electrons. The molecule has 1 N–H and O–H groups in total. The monoisotopic (exact) mass is 539 g/mol. The zero-order valence-electron chi connectivity index (χ0n) is 20.5. The van der Waals surface area contributed by atoms with Gasteiger partial charge in [0, 0.05) is 57.9 Å². The third-order valence-corrected chi connectivity index (χ3v) is 6.21. The van der Waals surface area contributed by atoms with Crippen LogP contribution in [-0.4, -0.2) is 136 Å². The lowest BCUT2D eigenvalue weighted by molar-refractivity contribution is -0.171. The van der Waals surface area contributed by atoms with Crippen LogP contribution in [0.1, 0.15) is 10.4 Å². The lowest BCUT2D eigenvalue weighted by Crippen LogP contribution is -2.52. The van der Waals surface area contributed by atoms with Crippen LogP contribution in [0.3, 0.4) is 0 Å². The van der Waals surface area contributed by atoms with Crippen LogP contribution in [0.2, 0.25) is 0 Å². The van der Waals surface area contributed by atoms with Gasteiger partial charge in [-0.15, -0.1) is 0 Å². The molecular weight excluding hydrogens is 505 g/mol. The van der Waals surface area contributed by atoms with Gasteiger partial charge in [-0.2, -0.15) is 8.78 Å². The number of hydrogen-bond acceptors (Lipinski definition) is 7. The van der Waals surface area contributed by atoms with Crippen molar-refractivity contribution in [3.63, 3.8) is 0 Å². The zero-order valence-corrected chi connectivity index (χ0v) is 20.5. The molecule has 1 amide bonds. The number of alkyl halides is 4. The molecule has 0 bridgehead atoms. The number of β-amino-alcohol motifs (C(OH)–C–C–N with tert-alkyl or cyclic N) is 1. The van der Waals surface area contributed by atoms with Gasteiger partial charge in [-0.3, -0.25) is 14.6 Å². The molecule has 13 heteroatoms. The Labute approximate surface area is 212 Å². The Kier molecular flexibility index (Phi) is 11.5. The predicted octanol–water partition coefficient (Wildman–Crippen LogP) is 1.58. The fraction of sp³-hybridized carbons (Fsp3) is 0.708. The van der Waals surface area contributed by atoms with E-state index >= 15 is 0 Å². The van der Waals surface area contributed by atoms with E-state index in [1.807, 2.05) is 4.90 Å². The number of amides is 1. The maximum atomic E-state index is 13.4. The van der Waals surface area contributed by atoms with Crippen molar-refractivity contribution >= 4 is 5.91 Å². The lowest BCUT2D eigenvalue weighted by Gasteiger charge is -2.37. The summed E-state index contributed by atoms with van der Waals surface area (Å²) in [5.74, 6) is -4.98. The maximum absolute atomic E-state index is 13.4. The van der Waals surface area contributed by atoms with E-state index in [9.17, 15) is 31.9 Å². The number of aliphatic hydroxyl groups is 1. The molecule has 2 fully saturated rings. The van der Waals surface area contributed by atoms with E-state index in [0.717, 1.165) is 13.1 Å². The molecule has 0 aromatic heterocycles. The molecule has 2 aliphatic heterocycles. The zero-order chi connectivity index (χ0) is 26.8. The maximum Gasteiger partial charge on any atom is 0.330 e. The minimum atomic E-state index is -4.27. The Bertz CT molecular complexity index is 829. The Balaban J connectivity index is 1.53. The second-order valence-corrected chi connectivity index (χ2v) is 9.20. The first kappa shape index (κ1) is 29.7. The minimum Gasteiger partial charge on any atom is -0.389 e. The van der Waals surface area contributed by atoms with Crippen LogP contribution in [0.4, 0.5) is 22.0 Å². The minimum absolute atomic E-state index is 0.0692. The van der Waals surface area contributed by atoms with Crippen molar-refractivity contribution in [3.05, 3.63) is 35.6 Å². The topological polar surface area (TPSA) is 74.7 Å². The summed E-state index contributed by atoms with van der Waals surface area (Å²) < 4.78 is 79.6. The van der Waals surface area contributed by atoms with E-state index < -0.39 is 37.5 Å². The summed E-state index contributed by atoms with van der Waals surface area (Å²) in [7, 11) is 0. The van der Waals surface area contributed by atoms with Crippen LogP contribution in [0.15, 0.2) is 24.3 Å². The molecule has 1 aromatic rings. The molecule has 0 radical (unpaired) electrons. The number of carbonyl (C=O) groups is 1. The van der Waals surface area contributed by atoms with Gasteiger partial charge in [-0.05, 0) is 24.3 Å². The van der Waals surface area contributed by atoms with Gasteiger partial charge in [0.2, 0.25) is 0 Å². The highest BCUT2D eigenvalue weighted by molar-refractivity contribution is 5.94. The van der Waals surface area contributed by atoms with Crippen molar-refractivity contribution in [1.29, 1.82) is 0 Å². The third-order valence-electron chi connectivity index (χ3n) is 6.21. The van der Waals surface area contributed by atoms with Crippen LogP contribution < -0.4 is 0 Å². The van der Waals surface area contributed by atoms with Gasteiger partial charge in [0.15, 0.2) is 0 Å². The van der Waals surface area contributed by atoms with Crippen LogP contribution in [0.5, 0.6) is 0 Å². The average Bonchev–Trinajstić information content (AvgIpc) is 2.87. The molecule has 0 spiro atoms. The first-order valence-electron chi connectivity index (χ1n) is 12.2. The van der Waals surface area contributed by atoms with Crippen molar-refractivity contribution in [2.24, 2.45) is 0 Å².